The highest BCUT2D eigenvalue weighted by atomic mass is 32.2. The molecule has 2 amide bonds. The van der Waals surface area contributed by atoms with Gasteiger partial charge in [-0.2, -0.15) is 0 Å². The Morgan fingerprint density at radius 1 is 0.882 bits per heavy atom. The van der Waals surface area contributed by atoms with Crippen molar-refractivity contribution < 1.29 is 27.9 Å². The molecule has 0 unspecified atom stereocenters. The van der Waals surface area contributed by atoms with Gasteiger partial charge in [-0.15, -0.1) is 0 Å². The van der Waals surface area contributed by atoms with Gasteiger partial charge < -0.3 is 25.4 Å². The van der Waals surface area contributed by atoms with Crippen LogP contribution in [0.3, 0.4) is 0 Å². The molecule has 3 aromatic carbocycles. The van der Waals surface area contributed by atoms with E-state index in [4.69, 9.17) is 4.74 Å². The minimum absolute atomic E-state index is 0.00823. The van der Waals surface area contributed by atoms with Crippen LogP contribution in [0.4, 0.5) is 27.5 Å². The molecule has 3 rings (SSSR count). The van der Waals surface area contributed by atoms with Gasteiger partial charge in [0, 0.05) is 31.2 Å². The summed E-state index contributed by atoms with van der Waals surface area (Å²) < 4.78 is 33.3. The van der Waals surface area contributed by atoms with Crippen molar-refractivity contribution in [2.45, 2.75) is 4.90 Å². The second kappa shape index (κ2) is 10.1. The Labute approximate surface area is 197 Å². The van der Waals surface area contributed by atoms with Crippen LogP contribution in [0.2, 0.25) is 0 Å². The van der Waals surface area contributed by atoms with Crippen LogP contribution in [-0.2, 0) is 10.0 Å². The quantitative estimate of drug-likeness (QED) is 0.380. The van der Waals surface area contributed by atoms with E-state index >= 15 is 0 Å². The first-order valence-electron chi connectivity index (χ1n) is 9.98. The zero-order valence-corrected chi connectivity index (χ0v) is 19.5. The molecule has 3 aromatic rings. The molecule has 4 N–H and O–H groups in total. The normalized spacial score (nSPS) is 10.8. The third kappa shape index (κ3) is 5.95. The van der Waals surface area contributed by atoms with Crippen molar-refractivity contribution in [3.05, 3.63) is 72.3 Å². The van der Waals surface area contributed by atoms with Gasteiger partial charge in [-0.3, -0.25) is 4.72 Å². The number of nitrogens with zero attached hydrogens (tertiary/aromatic N) is 1. The molecule has 0 bridgehead atoms. The molecule has 0 aliphatic carbocycles. The van der Waals surface area contributed by atoms with Gasteiger partial charge in [-0.05, 0) is 54.6 Å². The molecular formula is C23H24N4O6S. The van der Waals surface area contributed by atoms with Crippen molar-refractivity contribution in [1.29, 1.82) is 0 Å². The van der Waals surface area contributed by atoms with Crippen molar-refractivity contribution in [2.75, 3.05) is 41.5 Å². The summed E-state index contributed by atoms with van der Waals surface area (Å²) in [6.45, 7) is 0. The maximum Gasteiger partial charge on any atom is 0.335 e. The van der Waals surface area contributed by atoms with Gasteiger partial charge >= 0.3 is 12.0 Å². The average Bonchev–Trinajstić information content (AvgIpc) is 2.78. The Bertz CT molecular complexity index is 1320. The van der Waals surface area contributed by atoms with Crippen molar-refractivity contribution in [1.82, 2.24) is 0 Å². The maximum atomic E-state index is 12.9. The number of rotatable bonds is 8. The van der Waals surface area contributed by atoms with Gasteiger partial charge in [0.25, 0.3) is 10.0 Å². The fourth-order valence-electron chi connectivity index (χ4n) is 3.05. The number of amides is 2. The molecule has 0 saturated carbocycles. The molecule has 11 heteroatoms. The number of ether oxygens (including phenoxy) is 1. The highest BCUT2D eigenvalue weighted by Gasteiger charge is 2.22. The second-order valence-electron chi connectivity index (χ2n) is 7.38. The molecule has 34 heavy (non-hydrogen) atoms. The van der Waals surface area contributed by atoms with Crippen molar-refractivity contribution in [2.24, 2.45) is 0 Å². The van der Waals surface area contributed by atoms with Crippen LogP contribution in [0.15, 0.2) is 71.6 Å². The van der Waals surface area contributed by atoms with Gasteiger partial charge in [-0.25, -0.2) is 18.0 Å². The van der Waals surface area contributed by atoms with E-state index in [0.717, 1.165) is 11.8 Å². The molecule has 0 aromatic heterocycles. The van der Waals surface area contributed by atoms with E-state index in [1.807, 2.05) is 37.2 Å². The van der Waals surface area contributed by atoms with E-state index < -0.39 is 22.0 Å². The molecule has 0 aliphatic heterocycles. The summed E-state index contributed by atoms with van der Waals surface area (Å²) in [6.07, 6.45) is 0. The number of aromatic carboxylic acids is 1. The Morgan fingerprint density at radius 3 is 2.12 bits per heavy atom. The number of anilines is 4. The van der Waals surface area contributed by atoms with Gasteiger partial charge in [0.2, 0.25) is 0 Å². The predicted molar refractivity (Wildman–Crippen MR) is 131 cm³/mol. The smallest absolute Gasteiger partial charge is 0.335 e. The van der Waals surface area contributed by atoms with Crippen molar-refractivity contribution in [3.63, 3.8) is 0 Å². The summed E-state index contributed by atoms with van der Waals surface area (Å²) >= 11 is 0. The minimum Gasteiger partial charge on any atom is -0.495 e. The van der Waals surface area contributed by atoms with Crippen molar-refractivity contribution >= 4 is 44.8 Å². The number of nitrogens with one attached hydrogen (secondary N) is 3. The molecule has 0 aliphatic rings. The molecular weight excluding hydrogens is 460 g/mol. The standard InChI is InChI=1S/C23H24N4O6S/c1-27(2)19-9-5-7-17(14-19)25-23(30)24-16-6-4-8-18(13-16)26-34(31,32)21-12-15(22(28)29)10-11-20(21)33-3/h4-14,26H,1-3H3,(H,28,29)(H2,24,25,30). The Morgan fingerprint density at radius 2 is 1.50 bits per heavy atom. The highest BCUT2D eigenvalue weighted by molar-refractivity contribution is 7.92. The van der Waals surface area contributed by atoms with E-state index in [-0.39, 0.29) is 21.9 Å². The van der Waals surface area contributed by atoms with Crippen LogP contribution in [0, 0.1) is 0 Å². The van der Waals surface area contributed by atoms with E-state index in [0.29, 0.717) is 11.4 Å². The summed E-state index contributed by atoms with van der Waals surface area (Å²) in [5.74, 6) is -1.28. The number of sulfonamides is 1. The number of carbonyl (C=O) groups is 2. The number of methoxy groups -OCH3 is 1. The first-order valence-corrected chi connectivity index (χ1v) is 11.5. The van der Waals surface area contributed by atoms with E-state index in [1.165, 1.54) is 31.4 Å². The largest absolute Gasteiger partial charge is 0.495 e. The Kier molecular flexibility index (Phi) is 7.27. The number of hydrogen-bond acceptors (Lipinski definition) is 6. The van der Waals surface area contributed by atoms with Crippen molar-refractivity contribution in [3.8, 4) is 5.75 Å². The van der Waals surface area contributed by atoms with Gasteiger partial charge in [0.15, 0.2) is 0 Å². The van der Waals surface area contributed by atoms with Crippen LogP contribution in [0.5, 0.6) is 5.75 Å². The number of benzene rings is 3. The second-order valence-corrected chi connectivity index (χ2v) is 9.03. The van der Waals surface area contributed by atoms with E-state index in [2.05, 4.69) is 15.4 Å². The van der Waals surface area contributed by atoms with Crippen LogP contribution in [0.25, 0.3) is 0 Å². The number of carboxylic acids is 1. The number of carbonyl (C=O) groups excluding carboxylic acids is 1. The van der Waals surface area contributed by atoms with E-state index in [9.17, 15) is 23.1 Å². The third-order valence-electron chi connectivity index (χ3n) is 4.69. The zero-order chi connectivity index (χ0) is 24.9. The lowest BCUT2D eigenvalue weighted by atomic mass is 10.2. The lowest BCUT2D eigenvalue weighted by Gasteiger charge is -2.15. The SMILES string of the molecule is COc1ccc(C(=O)O)cc1S(=O)(=O)Nc1cccc(NC(=O)Nc2cccc(N(C)C)c2)c1. The molecule has 178 valence electrons. The number of carboxylic acid groups (broad SMARTS) is 1. The van der Waals surface area contributed by atoms with Crippen LogP contribution < -0.4 is 25.0 Å². The summed E-state index contributed by atoms with van der Waals surface area (Å²) in [5.41, 5.74) is 1.80. The first-order chi connectivity index (χ1) is 16.1. The molecule has 0 fully saturated rings. The molecule has 10 nitrogen and oxygen atoms in total. The summed E-state index contributed by atoms with van der Waals surface area (Å²) in [4.78, 5) is 25.3. The van der Waals surface area contributed by atoms with Gasteiger partial charge in [-0.1, -0.05) is 12.1 Å². The summed E-state index contributed by atoms with van der Waals surface area (Å²) in [6, 6.07) is 16.4. The van der Waals surface area contributed by atoms with Crippen LogP contribution >= 0.6 is 0 Å². The van der Waals surface area contributed by atoms with Gasteiger partial charge in [0.1, 0.15) is 10.6 Å². The lowest BCUT2D eigenvalue weighted by molar-refractivity contribution is 0.0696. The fourth-order valence-corrected chi connectivity index (χ4v) is 4.29. The average molecular weight is 485 g/mol. The number of urea groups is 1. The molecule has 0 saturated heterocycles. The molecule has 0 radical (unpaired) electrons. The molecule has 0 spiro atoms. The number of hydrogen-bond donors (Lipinski definition) is 4. The maximum absolute atomic E-state index is 12.9. The monoisotopic (exact) mass is 484 g/mol. The Hall–Kier alpha value is -4.25. The highest BCUT2D eigenvalue weighted by Crippen LogP contribution is 2.28. The fraction of sp³-hybridized carbons (Fsp3) is 0.130. The summed E-state index contributed by atoms with van der Waals surface area (Å²) in [5, 5.41) is 14.6. The third-order valence-corrected chi connectivity index (χ3v) is 6.10. The Balaban J connectivity index is 1.77. The van der Waals surface area contributed by atoms with Gasteiger partial charge in [0.05, 0.1) is 18.4 Å². The molecule has 0 atom stereocenters. The first kappa shape index (κ1) is 24.4. The van der Waals surface area contributed by atoms with Crippen LogP contribution in [-0.4, -0.2) is 46.7 Å². The topological polar surface area (TPSA) is 137 Å². The van der Waals surface area contributed by atoms with Crippen LogP contribution in [0.1, 0.15) is 10.4 Å². The predicted octanol–water partition coefficient (Wildman–Crippen LogP) is 3.90. The minimum atomic E-state index is -4.19. The molecule has 0 heterocycles. The van der Waals surface area contributed by atoms with E-state index in [1.54, 1.807) is 18.2 Å². The zero-order valence-electron chi connectivity index (χ0n) is 18.7. The lowest BCUT2D eigenvalue weighted by Crippen LogP contribution is -2.20. The summed E-state index contributed by atoms with van der Waals surface area (Å²) in [7, 11) is 0.870.